The third kappa shape index (κ3) is 2.25. The minimum absolute atomic E-state index is 0.106. The topological polar surface area (TPSA) is 49.9 Å². The summed E-state index contributed by atoms with van der Waals surface area (Å²) >= 11 is 1.02. The van der Waals surface area contributed by atoms with Gasteiger partial charge in [0.1, 0.15) is 0 Å². The number of halogens is 1. The summed E-state index contributed by atoms with van der Waals surface area (Å²) in [6, 6.07) is 5.74. The fourth-order valence-corrected chi connectivity index (χ4v) is 3.12. The van der Waals surface area contributed by atoms with Crippen molar-refractivity contribution in [1.29, 1.82) is 0 Å². The van der Waals surface area contributed by atoms with Gasteiger partial charge in [0.05, 0.1) is 0 Å². The van der Waals surface area contributed by atoms with Crippen molar-refractivity contribution >= 4 is 38.7 Å². The van der Waals surface area contributed by atoms with Gasteiger partial charge in [-0.15, -0.1) is 0 Å². The number of nitrogens with one attached hydrogen (secondary N) is 1. The number of aromatic nitrogens is 1. The van der Waals surface area contributed by atoms with E-state index in [1.54, 1.807) is 12.1 Å². The Kier molecular flexibility index (Phi) is 3.67. The summed E-state index contributed by atoms with van der Waals surface area (Å²) in [5.41, 5.74) is 2.10. The van der Waals surface area contributed by atoms with Gasteiger partial charge in [-0.1, -0.05) is 0 Å². The van der Waals surface area contributed by atoms with Gasteiger partial charge in [0.25, 0.3) is 0 Å². The predicted octanol–water partition coefficient (Wildman–Crippen LogP) is 1.36. The zero-order valence-corrected chi connectivity index (χ0v) is 12.4. The molecule has 2 rings (SSSR count). The number of aromatic amines is 1. The Balaban J connectivity index is 2.71. The van der Waals surface area contributed by atoms with Gasteiger partial charge in [-0.25, -0.2) is 0 Å². The monoisotopic (exact) mass is 352 g/mol. The van der Waals surface area contributed by atoms with Crippen LogP contribution in [0.3, 0.4) is 0 Å². The van der Waals surface area contributed by atoms with Crippen molar-refractivity contribution in [3.05, 3.63) is 41.3 Å². The second-order valence-electron chi connectivity index (χ2n) is 3.84. The summed E-state index contributed by atoms with van der Waals surface area (Å²) < 4.78 is 13.6. The Morgan fingerprint density at radius 1 is 1.33 bits per heavy atom. The molecule has 0 amide bonds. The van der Waals surface area contributed by atoms with Crippen LogP contribution in [0.2, 0.25) is 0 Å². The summed E-state index contributed by atoms with van der Waals surface area (Å²) in [4.78, 5) is 25.6. The van der Waals surface area contributed by atoms with E-state index in [1.807, 2.05) is 0 Å². The summed E-state index contributed by atoms with van der Waals surface area (Å²) in [6.07, 6.45) is 0.679. The van der Waals surface area contributed by atoms with Gasteiger partial charge >= 0.3 is 117 Å². The van der Waals surface area contributed by atoms with Crippen LogP contribution in [-0.4, -0.2) is 40.1 Å². The van der Waals surface area contributed by atoms with Gasteiger partial charge in [0, 0.05) is 0 Å². The molecular weight excluding hydrogens is 343 g/mol. The second-order valence-corrected chi connectivity index (χ2v) is 5.27. The summed E-state index contributed by atoms with van der Waals surface area (Å²) in [5.74, 6) is -0.459. The van der Waals surface area contributed by atoms with E-state index in [0.717, 1.165) is 26.7 Å². The van der Waals surface area contributed by atoms with E-state index in [4.69, 9.17) is 0 Å². The maximum absolute atomic E-state index is 12.9. The summed E-state index contributed by atoms with van der Waals surface area (Å²) in [7, 11) is 0. The Labute approximate surface area is 117 Å². The fraction of sp³-hybridized carbons (Fsp3) is 0.0769. The van der Waals surface area contributed by atoms with Crippen LogP contribution in [0.25, 0.3) is 11.1 Å². The summed E-state index contributed by atoms with van der Waals surface area (Å²) in [6.45, 7) is 1.46. The van der Waals surface area contributed by atoms with Crippen molar-refractivity contribution in [3.8, 4) is 11.1 Å². The SMILES string of the molecule is CC(=O)c1[c]([SbH])[nH]c(C=O)c1-c1ccc(F)cc1. The number of Topliss-reactive ketones (excluding diaryl/α,β-unsaturated/α-hetero) is 1. The zero-order chi connectivity index (χ0) is 13.3. The number of benzene rings is 1. The van der Waals surface area contributed by atoms with E-state index in [9.17, 15) is 14.0 Å². The van der Waals surface area contributed by atoms with Crippen LogP contribution < -0.4 is 3.64 Å². The van der Waals surface area contributed by atoms with Crippen LogP contribution in [0.15, 0.2) is 24.3 Å². The normalized spacial score (nSPS) is 10.4. The van der Waals surface area contributed by atoms with Crippen LogP contribution in [0.4, 0.5) is 4.39 Å². The maximum atomic E-state index is 12.9. The molecule has 0 unspecified atom stereocenters. The third-order valence-corrected chi connectivity index (χ3v) is 3.70. The van der Waals surface area contributed by atoms with Crippen LogP contribution in [0.5, 0.6) is 0 Å². The molecule has 0 bridgehead atoms. The van der Waals surface area contributed by atoms with Crippen molar-refractivity contribution in [2.24, 2.45) is 0 Å². The molecule has 0 aliphatic carbocycles. The Morgan fingerprint density at radius 2 is 1.94 bits per heavy atom. The molecule has 0 saturated heterocycles. The second kappa shape index (κ2) is 5.07. The van der Waals surface area contributed by atoms with Crippen LogP contribution in [-0.2, 0) is 0 Å². The molecule has 1 heterocycles. The Hall–Kier alpha value is -1.41. The molecule has 18 heavy (non-hydrogen) atoms. The van der Waals surface area contributed by atoms with Gasteiger partial charge in [-0.2, -0.15) is 0 Å². The molecule has 5 heteroatoms. The van der Waals surface area contributed by atoms with Gasteiger partial charge in [-0.05, 0) is 0 Å². The predicted molar refractivity (Wildman–Crippen MR) is 68.4 cm³/mol. The minimum atomic E-state index is -0.353. The van der Waals surface area contributed by atoms with Crippen LogP contribution in [0, 0.1) is 5.82 Å². The van der Waals surface area contributed by atoms with E-state index >= 15 is 0 Å². The molecule has 0 fully saturated rings. The van der Waals surface area contributed by atoms with Gasteiger partial charge < -0.3 is 0 Å². The standard InChI is InChI=1S/C13H9FNO2.Sb.H/c1-8(17)11-6-15-12(7-16)13(11)9-2-4-10(14)5-3-9;;/h2-5,7,15H,1H3;;. The van der Waals surface area contributed by atoms with Crippen molar-refractivity contribution < 1.29 is 14.0 Å². The van der Waals surface area contributed by atoms with Gasteiger partial charge in [0.15, 0.2) is 0 Å². The molecule has 0 aliphatic heterocycles. The van der Waals surface area contributed by atoms with Crippen molar-refractivity contribution in [3.63, 3.8) is 0 Å². The molecular formula is C13H10FNO2Sb. The molecule has 0 atom stereocenters. The number of carbonyl (C=O) groups excluding carboxylic acids is 2. The van der Waals surface area contributed by atoms with Crippen LogP contribution in [0.1, 0.15) is 27.8 Å². The van der Waals surface area contributed by atoms with E-state index in [1.165, 1.54) is 19.1 Å². The molecule has 1 aromatic heterocycles. The Bertz CT molecular complexity index is 617. The van der Waals surface area contributed by atoms with E-state index < -0.39 is 0 Å². The quantitative estimate of drug-likeness (QED) is 0.515. The van der Waals surface area contributed by atoms with E-state index in [-0.39, 0.29) is 11.6 Å². The molecule has 0 spiro atoms. The zero-order valence-electron chi connectivity index (χ0n) is 9.58. The number of rotatable bonds is 3. The fourth-order valence-electron chi connectivity index (χ4n) is 1.88. The average molecular weight is 353 g/mol. The third-order valence-electron chi connectivity index (χ3n) is 2.63. The molecule has 2 aromatic rings. The first-order valence-corrected chi connectivity index (χ1v) is 6.67. The number of ketones is 1. The number of aldehydes is 1. The molecule has 1 aromatic carbocycles. The van der Waals surface area contributed by atoms with Crippen LogP contribution >= 0.6 is 0 Å². The Morgan fingerprint density at radius 3 is 2.44 bits per heavy atom. The number of carbonyl (C=O) groups is 2. The molecule has 0 saturated carbocycles. The van der Waals surface area contributed by atoms with Gasteiger partial charge in [0.2, 0.25) is 0 Å². The number of hydrogen-bond acceptors (Lipinski definition) is 2. The molecule has 0 aliphatic rings. The summed E-state index contributed by atoms with van der Waals surface area (Å²) in [5, 5.41) is 0. The number of H-pyrrole nitrogens is 1. The van der Waals surface area contributed by atoms with Crippen molar-refractivity contribution in [2.75, 3.05) is 0 Å². The van der Waals surface area contributed by atoms with Crippen molar-refractivity contribution in [2.45, 2.75) is 6.92 Å². The van der Waals surface area contributed by atoms with E-state index in [2.05, 4.69) is 4.98 Å². The van der Waals surface area contributed by atoms with E-state index in [0.29, 0.717) is 28.7 Å². The number of hydrogen-bond donors (Lipinski definition) is 1. The first kappa shape index (κ1) is 13.0. The first-order valence-electron chi connectivity index (χ1n) is 5.24. The molecule has 1 radical (unpaired) electrons. The molecule has 1 N–H and O–H groups in total. The van der Waals surface area contributed by atoms with Crippen molar-refractivity contribution in [1.82, 2.24) is 4.98 Å². The first-order chi connectivity index (χ1) is 8.54. The molecule has 91 valence electrons. The molecule has 3 nitrogen and oxygen atoms in total. The average Bonchev–Trinajstić information content (AvgIpc) is 2.67. The van der Waals surface area contributed by atoms with Gasteiger partial charge in [-0.3, -0.25) is 0 Å².